The fraction of sp³-hybridized carbons (Fsp3) is 0.933. The minimum Gasteiger partial charge on any atom is -0.341 e. The van der Waals surface area contributed by atoms with Crippen molar-refractivity contribution in [1.82, 2.24) is 10.2 Å². The first kappa shape index (κ1) is 15.5. The van der Waals surface area contributed by atoms with E-state index < -0.39 is 0 Å². The summed E-state index contributed by atoms with van der Waals surface area (Å²) in [7, 11) is 0. The van der Waals surface area contributed by atoms with Crippen molar-refractivity contribution >= 4 is 5.91 Å². The number of unbranched alkanes of at least 4 members (excludes halogenated alkanes) is 1. The topological polar surface area (TPSA) is 32.3 Å². The number of amides is 1. The van der Waals surface area contributed by atoms with E-state index in [4.69, 9.17) is 0 Å². The first-order valence-electron chi connectivity index (χ1n) is 7.60. The van der Waals surface area contributed by atoms with Crippen LogP contribution in [0, 0.1) is 11.8 Å². The van der Waals surface area contributed by atoms with Crippen LogP contribution in [0.5, 0.6) is 0 Å². The molecule has 0 aromatic heterocycles. The number of hydrogen-bond acceptors (Lipinski definition) is 2. The molecule has 1 aliphatic rings. The van der Waals surface area contributed by atoms with E-state index in [2.05, 4.69) is 24.1 Å². The summed E-state index contributed by atoms with van der Waals surface area (Å²) in [6.45, 7) is 11.2. The van der Waals surface area contributed by atoms with E-state index in [0.717, 1.165) is 19.6 Å². The number of piperidine rings is 1. The van der Waals surface area contributed by atoms with Gasteiger partial charge in [-0.25, -0.2) is 0 Å². The molecule has 1 rings (SSSR count). The molecule has 1 heterocycles. The Hall–Kier alpha value is -0.570. The molecule has 0 aliphatic carbocycles. The third kappa shape index (κ3) is 4.60. The van der Waals surface area contributed by atoms with Crippen molar-refractivity contribution in [3.63, 3.8) is 0 Å². The highest BCUT2D eigenvalue weighted by molar-refractivity contribution is 5.78. The fourth-order valence-corrected chi connectivity index (χ4v) is 2.89. The van der Waals surface area contributed by atoms with Gasteiger partial charge in [0.25, 0.3) is 0 Å². The molecule has 0 aromatic rings. The Morgan fingerprint density at radius 2 is 2.06 bits per heavy atom. The summed E-state index contributed by atoms with van der Waals surface area (Å²) in [5, 5.41) is 3.52. The second-order valence-electron chi connectivity index (χ2n) is 5.90. The van der Waals surface area contributed by atoms with E-state index in [9.17, 15) is 4.79 Å². The Kier molecular flexibility index (Phi) is 6.69. The van der Waals surface area contributed by atoms with E-state index >= 15 is 0 Å². The van der Waals surface area contributed by atoms with Crippen molar-refractivity contribution in [1.29, 1.82) is 0 Å². The fourth-order valence-electron chi connectivity index (χ4n) is 2.89. The second kappa shape index (κ2) is 7.78. The number of carbonyl (C=O) groups is 1. The monoisotopic (exact) mass is 254 g/mol. The summed E-state index contributed by atoms with van der Waals surface area (Å²) < 4.78 is 0. The van der Waals surface area contributed by atoms with Gasteiger partial charge in [-0.1, -0.05) is 40.5 Å². The smallest absolute Gasteiger partial charge is 0.225 e. The molecule has 0 radical (unpaired) electrons. The molecule has 1 amide bonds. The molecule has 0 bridgehead atoms. The van der Waals surface area contributed by atoms with Crippen LogP contribution in [0.2, 0.25) is 0 Å². The number of nitrogens with one attached hydrogen (secondary N) is 1. The predicted molar refractivity (Wildman–Crippen MR) is 76.5 cm³/mol. The highest BCUT2D eigenvalue weighted by Crippen LogP contribution is 2.23. The van der Waals surface area contributed by atoms with E-state index in [0.29, 0.717) is 17.9 Å². The second-order valence-corrected chi connectivity index (χ2v) is 5.90. The van der Waals surface area contributed by atoms with Crippen LogP contribution in [0.1, 0.15) is 53.4 Å². The Morgan fingerprint density at radius 1 is 1.33 bits per heavy atom. The van der Waals surface area contributed by atoms with Crippen LogP contribution in [-0.2, 0) is 4.79 Å². The Bertz CT molecular complexity index is 253. The summed E-state index contributed by atoms with van der Waals surface area (Å²) >= 11 is 0. The molecule has 0 aromatic carbocycles. The van der Waals surface area contributed by atoms with Crippen LogP contribution in [0.15, 0.2) is 0 Å². The highest BCUT2D eigenvalue weighted by Gasteiger charge is 2.29. The van der Waals surface area contributed by atoms with E-state index in [1.165, 1.54) is 25.7 Å². The molecule has 1 fully saturated rings. The lowest BCUT2D eigenvalue weighted by Gasteiger charge is -2.39. The number of nitrogens with zero attached hydrogens (tertiary/aromatic N) is 1. The summed E-state index contributed by atoms with van der Waals surface area (Å²) in [5.41, 5.74) is 0. The number of likely N-dealkylation sites (tertiary alicyclic amines) is 1. The molecule has 0 saturated carbocycles. The van der Waals surface area contributed by atoms with Crippen molar-refractivity contribution < 1.29 is 4.79 Å². The Morgan fingerprint density at radius 3 is 2.61 bits per heavy atom. The molecule has 1 saturated heterocycles. The highest BCUT2D eigenvalue weighted by atomic mass is 16.2. The molecule has 1 N–H and O–H groups in total. The zero-order chi connectivity index (χ0) is 13.5. The maximum atomic E-state index is 12.2. The van der Waals surface area contributed by atoms with Crippen molar-refractivity contribution in [3.05, 3.63) is 0 Å². The molecule has 3 heteroatoms. The van der Waals surface area contributed by atoms with Gasteiger partial charge in [-0.15, -0.1) is 0 Å². The van der Waals surface area contributed by atoms with Crippen LogP contribution >= 0.6 is 0 Å². The lowest BCUT2D eigenvalue weighted by molar-refractivity contribution is -0.136. The third-order valence-electron chi connectivity index (χ3n) is 3.80. The number of rotatable bonds is 6. The molecule has 3 nitrogen and oxygen atoms in total. The van der Waals surface area contributed by atoms with Crippen LogP contribution < -0.4 is 5.32 Å². The number of likely N-dealkylation sites (N-methyl/N-ethyl adjacent to an activating group) is 1. The quantitative estimate of drug-likeness (QED) is 0.790. The molecule has 0 spiro atoms. The maximum Gasteiger partial charge on any atom is 0.225 e. The van der Waals surface area contributed by atoms with Gasteiger partial charge >= 0.3 is 0 Å². The van der Waals surface area contributed by atoms with Gasteiger partial charge < -0.3 is 10.2 Å². The standard InChI is InChI=1S/C15H30N2O/c1-5-7-8-13-9-14(16-6-2)11-17(10-13)15(18)12(3)4/h12-14,16H,5-11H2,1-4H3. The van der Waals surface area contributed by atoms with Gasteiger partial charge in [-0.05, 0) is 25.3 Å². The molecule has 2 unspecified atom stereocenters. The van der Waals surface area contributed by atoms with Gasteiger partial charge in [0, 0.05) is 25.0 Å². The largest absolute Gasteiger partial charge is 0.341 e. The average Bonchev–Trinajstić information content (AvgIpc) is 2.35. The van der Waals surface area contributed by atoms with E-state index in [1.807, 2.05) is 13.8 Å². The summed E-state index contributed by atoms with van der Waals surface area (Å²) in [5.74, 6) is 1.13. The minimum absolute atomic E-state index is 0.122. The van der Waals surface area contributed by atoms with Crippen LogP contribution in [0.25, 0.3) is 0 Å². The van der Waals surface area contributed by atoms with Crippen molar-refractivity contribution in [3.8, 4) is 0 Å². The SMILES string of the molecule is CCCCC1CC(NCC)CN(C(=O)C(C)C)C1. The van der Waals surface area contributed by atoms with Gasteiger partial charge in [0.2, 0.25) is 5.91 Å². The van der Waals surface area contributed by atoms with Gasteiger partial charge in [0.1, 0.15) is 0 Å². The van der Waals surface area contributed by atoms with E-state index in [-0.39, 0.29) is 5.92 Å². The lowest BCUT2D eigenvalue weighted by atomic mass is 9.89. The average molecular weight is 254 g/mol. The van der Waals surface area contributed by atoms with E-state index in [1.54, 1.807) is 0 Å². The molecular weight excluding hydrogens is 224 g/mol. The van der Waals surface area contributed by atoms with Gasteiger partial charge in [-0.2, -0.15) is 0 Å². The Labute approximate surface area is 112 Å². The Balaban J connectivity index is 2.58. The lowest BCUT2D eigenvalue weighted by Crippen LogP contribution is -2.52. The number of carbonyl (C=O) groups excluding carboxylic acids is 1. The molecular formula is C15H30N2O. The van der Waals surface area contributed by atoms with Gasteiger partial charge in [0.15, 0.2) is 0 Å². The van der Waals surface area contributed by atoms with Gasteiger partial charge in [0.05, 0.1) is 0 Å². The van der Waals surface area contributed by atoms with Crippen molar-refractivity contribution in [2.45, 2.75) is 59.4 Å². The first-order valence-corrected chi connectivity index (χ1v) is 7.60. The van der Waals surface area contributed by atoms with Crippen LogP contribution in [0.4, 0.5) is 0 Å². The minimum atomic E-state index is 0.122. The predicted octanol–water partition coefficient (Wildman–Crippen LogP) is 2.66. The zero-order valence-corrected chi connectivity index (χ0v) is 12.5. The van der Waals surface area contributed by atoms with Crippen molar-refractivity contribution in [2.24, 2.45) is 11.8 Å². The summed E-state index contributed by atoms with van der Waals surface area (Å²) in [4.78, 5) is 14.3. The normalized spacial score (nSPS) is 24.6. The number of hydrogen-bond donors (Lipinski definition) is 1. The zero-order valence-electron chi connectivity index (χ0n) is 12.5. The van der Waals surface area contributed by atoms with Gasteiger partial charge in [-0.3, -0.25) is 4.79 Å². The van der Waals surface area contributed by atoms with Crippen LogP contribution in [-0.4, -0.2) is 36.5 Å². The van der Waals surface area contributed by atoms with Crippen LogP contribution in [0.3, 0.4) is 0 Å². The molecule has 2 atom stereocenters. The summed E-state index contributed by atoms with van der Waals surface area (Å²) in [6, 6.07) is 0.494. The third-order valence-corrected chi connectivity index (χ3v) is 3.80. The maximum absolute atomic E-state index is 12.2. The molecule has 106 valence electrons. The molecule has 1 aliphatic heterocycles. The van der Waals surface area contributed by atoms with Crippen molar-refractivity contribution in [2.75, 3.05) is 19.6 Å². The summed E-state index contributed by atoms with van der Waals surface area (Å²) in [6.07, 6.45) is 5.03. The molecule has 18 heavy (non-hydrogen) atoms. The first-order chi connectivity index (χ1) is 8.58.